The Bertz CT molecular complexity index is 649. The summed E-state index contributed by atoms with van der Waals surface area (Å²) in [7, 11) is 0. The highest BCUT2D eigenvalue weighted by Gasteiger charge is 2.12. The maximum absolute atomic E-state index is 8.81. The monoisotopic (exact) mass is 397 g/mol. The Balaban J connectivity index is 0.000000541. The highest BCUT2D eigenvalue weighted by Crippen LogP contribution is 2.17. The van der Waals surface area contributed by atoms with E-state index in [9.17, 15) is 0 Å². The first-order chi connectivity index (χ1) is 14.1. The topological polar surface area (TPSA) is 46.2 Å². The molecule has 0 radical (unpaired) electrons. The molecule has 3 rings (SSSR count). The van der Waals surface area contributed by atoms with Crippen LogP contribution in [0.4, 0.5) is 0 Å². The summed E-state index contributed by atoms with van der Waals surface area (Å²) in [5.41, 5.74) is 5.79. The fourth-order valence-corrected chi connectivity index (χ4v) is 3.29. The summed E-state index contributed by atoms with van der Waals surface area (Å²) in [6.07, 6.45) is 8.56. The van der Waals surface area contributed by atoms with Crippen molar-refractivity contribution in [3.63, 3.8) is 0 Å². The lowest BCUT2D eigenvalue weighted by atomic mass is 9.95. The Kier molecular flexibility index (Phi) is 16.4. The summed E-state index contributed by atoms with van der Waals surface area (Å²) in [6, 6.07) is 18.0. The van der Waals surface area contributed by atoms with Crippen molar-refractivity contribution in [2.24, 2.45) is 0 Å². The summed E-state index contributed by atoms with van der Waals surface area (Å²) in [6.45, 7) is 11.2. The lowest BCUT2D eigenvalue weighted by Gasteiger charge is -2.23. The Morgan fingerprint density at radius 3 is 2.17 bits per heavy atom. The average molecular weight is 398 g/mol. The van der Waals surface area contributed by atoms with Gasteiger partial charge in [0.05, 0.1) is 0 Å². The molecular formula is C26H39NO2. The van der Waals surface area contributed by atoms with Crippen LogP contribution in [-0.2, 0) is 22.4 Å². The molecule has 29 heavy (non-hydrogen) atoms. The molecule has 2 aromatic carbocycles. The molecular weight excluding hydrogens is 358 g/mol. The third-order valence-electron chi connectivity index (χ3n) is 4.93. The molecule has 1 atom stereocenters. The molecule has 0 bridgehead atoms. The Hall–Kier alpha value is -2.26. The summed E-state index contributed by atoms with van der Waals surface area (Å²) in [5, 5.41) is 3.63. The predicted octanol–water partition coefficient (Wildman–Crippen LogP) is 5.65. The van der Waals surface area contributed by atoms with Gasteiger partial charge in [-0.1, -0.05) is 67.4 Å². The Morgan fingerprint density at radius 2 is 1.72 bits per heavy atom. The van der Waals surface area contributed by atoms with E-state index in [2.05, 4.69) is 56.4 Å². The molecule has 1 aliphatic rings. The number of aldehydes is 1. The van der Waals surface area contributed by atoms with Gasteiger partial charge < -0.3 is 14.9 Å². The molecule has 1 fully saturated rings. The molecule has 1 unspecified atom stereocenters. The van der Waals surface area contributed by atoms with E-state index in [0.717, 1.165) is 18.7 Å². The van der Waals surface area contributed by atoms with Crippen LogP contribution in [0.5, 0.6) is 0 Å². The van der Waals surface area contributed by atoms with Crippen LogP contribution in [0.25, 0.3) is 0 Å². The number of aryl methyl sites for hydroxylation is 4. The normalized spacial score (nSPS) is 14.7. The van der Waals surface area contributed by atoms with Gasteiger partial charge >= 0.3 is 0 Å². The zero-order chi connectivity index (χ0) is 21.9. The van der Waals surface area contributed by atoms with Crippen molar-refractivity contribution in [1.82, 2.24) is 5.32 Å². The standard InChI is InChI=1S/C16H25N.C7H8.C2H4O.CH2O/c1-3-14-7-8-15(13(2)12-14)9-10-16-6-4-5-11-17-16;1-7-5-3-2-4-6-7;1-2-3;1-2/h7-8,12,16-17H,3-6,9-11H2,1-2H3;2-6H,1H3;2H,1H3;1H2. The summed E-state index contributed by atoms with van der Waals surface area (Å²) in [4.78, 5) is 16.8. The van der Waals surface area contributed by atoms with Crippen molar-refractivity contribution >= 4 is 13.1 Å². The minimum atomic E-state index is 0.750. The smallest absolute Gasteiger partial charge is 0.116 e. The van der Waals surface area contributed by atoms with Crippen LogP contribution >= 0.6 is 0 Å². The fraction of sp³-hybridized carbons (Fsp3) is 0.462. The van der Waals surface area contributed by atoms with Gasteiger partial charge in [0, 0.05) is 6.04 Å². The summed E-state index contributed by atoms with van der Waals surface area (Å²) in [5.74, 6) is 0. The van der Waals surface area contributed by atoms with E-state index in [-0.39, 0.29) is 0 Å². The average Bonchev–Trinajstić information content (AvgIpc) is 2.76. The van der Waals surface area contributed by atoms with Crippen molar-refractivity contribution in [3.8, 4) is 0 Å². The Morgan fingerprint density at radius 1 is 1.07 bits per heavy atom. The van der Waals surface area contributed by atoms with Gasteiger partial charge in [0.2, 0.25) is 0 Å². The highest BCUT2D eigenvalue weighted by atomic mass is 16.1. The zero-order valence-electron chi connectivity index (χ0n) is 18.7. The second-order valence-electron chi connectivity index (χ2n) is 7.19. The van der Waals surface area contributed by atoms with Gasteiger partial charge in [0.25, 0.3) is 0 Å². The van der Waals surface area contributed by atoms with Crippen LogP contribution in [0.1, 0.15) is 61.8 Å². The first-order valence-corrected chi connectivity index (χ1v) is 10.6. The minimum absolute atomic E-state index is 0.750. The summed E-state index contributed by atoms with van der Waals surface area (Å²) < 4.78 is 0. The second-order valence-corrected chi connectivity index (χ2v) is 7.19. The SMILES string of the molecule is C=O.CC=O.CCc1ccc(CCC2CCCCN2)c(C)c1.Cc1ccccc1. The molecule has 1 aliphatic heterocycles. The second kappa shape index (κ2) is 17.8. The number of rotatable bonds is 4. The zero-order valence-corrected chi connectivity index (χ0v) is 18.7. The van der Waals surface area contributed by atoms with E-state index in [1.807, 2.05) is 25.0 Å². The molecule has 0 spiro atoms. The molecule has 1 saturated heterocycles. The molecule has 0 aliphatic carbocycles. The maximum Gasteiger partial charge on any atom is 0.116 e. The molecule has 160 valence electrons. The van der Waals surface area contributed by atoms with E-state index in [1.54, 1.807) is 0 Å². The number of hydrogen-bond acceptors (Lipinski definition) is 3. The lowest BCUT2D eigenvalue weighted by Crippen LogP contribution is -2.34. The Labute approximate surface area is 177 Å². The maximum atomic E-state index is 8.81. The fourth-order valence-electron chi connectivity index (χ4n) is 3.29. The van der Waals surface area contributed by atoms with Gasteiger partial charge in [-0.05, 0) is 76.1 Å². The highest BCUT2D eigenvalue weighted by molar-refractivity contribution is 5.44. The van der Waals surface area contributed by atoms with E-state index in [1.165, 1.54) is 67.8 Å². The first-order valence-electron chi connectivity index (χ1n) is 10.6. The number of piperidine rings is 1. The number of nitrogens with one attached hydrogen (secondary N) is 1. The van der Waals surface area contributed by atoms with Crippen molar-refractivity contribution in [2.75, 3.05) is 6.54 Å². The number of carbonyl (C=O) groups is 2. The van der Waals surface area contributed by atoms with Gasteiger partial charge in [-0.25, -0.2) is 0 Å². The molecule has 3 heteroatoms. The van der Waals surface area contributed by atoms with E-state index < -0.39 is 0 Å². The molecule has 0 amide bonds. The van der Waals surface area contributed by atoms with Gasteiger partial charge in [0.1, 0.15) is 13.1 Å². The predicted molar refractivity (Wildman–Crippen MR) is 125 cm³/mol. The summed E-state index contributed by atoms with van der Waals surface area (Å²) >= 11 is 0. The molecule has 3 nitrogen and oxygen atoms in total. The molecule has 0 saturated carbocycles. The van der Waals surface area contributed by atoms with E-state index in [4.69, 9.17) is 9.59 Å². The van der Waals surface area contributed by atoms with Crippen LogP contribution in [0.15, 0.2) is 48.5 Å². The minimum Gasteiger partial charge on any atom is -0.314 e. The van der Waals surface area contributed by atoms with Crippen molar-refractivity contribution < 1.29 is 9.59 Å². The van der Waals surface area contributed by atoms with Crippen molar-refractivity contribution in [2.45, 2.75) is 72.3 Å². The van der Waals surface area contributed by atoms with Crippen LogP contribution in [0.3, 0.4) is 0 Å². The van der Waals surface area contributed by atoms with Crippen LogP contribution in [-0.4, -0.2) is 25.7 Å². The van der Waals surface area contributed by atoms with Crippen LogP contribution in [0, 0.1) is 13.8 Å². The van der Waals surface area contributed by atoms with E-state index in [0.29, 0.717) is 0 Å². The van der Waals surface area contributed by atoms with Gasteiger partial charge in [0.15, 0.2) is 0 Å². The van der Waals surface area contributed by atoms with Gasteiger partial charge in [-0.15, -0.1) is 0 Å². The molecule has 1 heterocycles. The third-order valence-corrected chi connectivity index (χ3v) is 4.93. The lowest BCUT2D eigenvalue weighted by molar-refractivity contribution is -0.106. The van der Waals surface area contributed by atoms with E-state index >= 15 is 0 Å². The number of hydrogen-bond donors (Lipinski definition) is 1. The molecule has 0 aromatic heterocycles. The quantitative estimate of drug-likeness (QED) is 0.678. The number of carbonyl (C=O) groups excluding carboxylic acids is 2. The molecule has 1 N–H and O–H groups in total. The number of benzene rings is 2. The first kappa shape index (κ1) is 26.7. The molecule has 2 aromatic rings. The van der Waals surface area contributed by atoms with Crippen LogP contribution in [0.2, 0.25) is 0 Å². The third kappa shape index (κ3) is 12.7. The van der Waals surface area contributed by atoms with Gasteiger partial charge in [-0.2, -0.15) is 0 Å². The van der Waals surface area contributed by atoms with Crippen LogP contribution < -0.4 is 5.32 Å². The van der Waals surface area contributed by atoms with Crippen molar-refractivity contribution in [1.29, 1.82) is 0 Å². The van der Waals surface area contributed by atoms with Crippen molar-refractivity contribution in [3.05, 3.63) is 70.8 Å². The van der Waals surface area contributed by atoms with Gasteiger partial charge in [-0.3, -0.25) is 0 Å². The largest absolute Gasteiger partial charge is 0.314 e.